The van der Waals surface area contributed by atoms with Crippen LogP contribution in [0.1, 0.15) is 44.9 Å². The van der Waals surface area contributed by atoms with Gasteiger partial charge >= 0.3 is 0 Å². The monoisotopic (exact) mass is 248 g/mol. The molecule has 2 bridgehead atoms. The second kappa shape index (κ2) is 4.22. The van der Waals surface area contributed by atoms with Gasteiger partial charge in [-0.2, -0.15) is 0 Å². The van der Waals surface area contributed by atoms with Crippen molar-refractivity contribution in [2.24, 2.45) is 23.7 Å². The molecule has 100 valence electrons. The number of fused-ring (bicyclic) bond motifs is 5. The van der Waals surface area contributed by atoms with Crippen LogP contribution in [0.4, 0.5) is 0 Å². The van der Waals surface area contributed by atoms with Crippen molar-refractivity contribution in [3.8, 4) is 0 Å². The zero-order valence-corrected chi connectivity index (χ0v) is 11.0. The van der Waals surface area contributed by atoms with Gasteiger partial charge in [0.05, 0.1) is 0 Å². The summed E-state index contributed by atoms with van der Waals surface area (Å²) in [6.07, 6.45) is 9.14. The van der Waals surface area contributed by atoms with Crippen LogP contribution < -0.4 is 10.6 Å². The van der Waals surface area contributed by atoms with Crippen LogP contribution >= 0.6 is 0 Å². The summed E-state index contributed by atoms with van der Waals surface area (Å²) in [4.78, 5) is 11.2. The van der Waals surface area contributed by atoms with E-state index in [1.54, 1.807) is 0 Å². The van der Waals surface area contributed by atoms with Gasteiger partial charge in [0.2, 0.25) is 5.91 Å². The zero-order chi connectivity index (χ0) is 12.1. The van der Waals surface area contributed by atoms with Gasteiger partial charge in [-0.25, -0.2) is 0 Å². The topological polar surface area (TPSA) is 41.1 Å². The Balaban J connectivity index is 1.38. The van der Waals surface area contributed by atoms with Crippen LogP contribution in [0.5, 0.6) is 0 Å². The van der Waals surface area contributed by atoms with Crippen LogP contribution in [0.2, 0.25) is 0 Å². The van der Waals surface area contributed by atoms with Crippen LogP contribution in [0.3, 0.4) is 0 Å². The summed E-state index contributed by atoms with van der Waals surface area (Å²) in [5, 5.41) is 6.86. The lowest BCUT2D eigenvalue weighted by Crippen LogP contribution is -2.51. The molecule has 0 radical (unpaired) electrons. The maximum absolute atomic E-state index is 11.2. The normalized spacial score (nSPS) is 50.3. The van der Waals surface area contributed by atoms with Crippen molar-refractivity contribution in [3.63, 3.8) is 0 Å². The van der Waals surface area contributed by atoms with Gasteiger partial charge in [-0.05, 0) is 55.8 Å². The summed E-state index contributed by atoms with van der Waals surface area (Å²) >= 11 is 0. The molecule has 4 fully saturated rings. The van der Waals surface area contributed by atoms with Gasteiger partial charge < -0.3 is 10.6 Å². The van der Waals surface area contributed by atoms with Crippen LogP contribution in [0.25, 0.3) is 0 Å². The number of nitrogens with one attached hydrogen (secondary N) is 2. The van der Waals surface area contributed by atoms with Crippen molar-refractivity contribution >= 4 is 5.91 Å². The molecule has 18 heavy (non-hydrogen) atoms. The Morgan fingerprint density at radius 2 is 1.94 bits per heavy atom. The molecule has 1 saturated heterocycles. The fourth-order valence-electron chi connectivity index (χ4n) is 5.44. The fraction of sp³-hybridized carbons (Fsp3) is 0.933. The Hall–Kier alpha value is -0.570. The first-order valence-electron chi connectivity index (χ1n) is 7.84. The largest absolute Gasteiger partial charge is 0.355 e. The van der Waals surface area contributed by atoms with Crippen molar-refractivity contribution < 1.29 is 4.79 Å². The molecular weight excluding hydrogens is 224 g/mol. The summed E-state index contributed by atoms with van der Waals surface area (Å²) in [7, 11) is 0. The van der Waals surface area contributed by atoms with Crippen molar-refractivity contribution in [2.45, 2.75) is 57.0 Å². The standard InChI is InChI=1S/C15H24N2O/c18-15-5-4-10(8-16-15)17-14-7-9-6-13(14)12-3-1-2-11(9)12/h9-14,17H,1-8H2,(H,16,18). The highest BCUT2D eigenvalue weighted by Gasteiger charge is 2.53. The van der Waals surface area contributed by atoms with E-state index in [0.29, 0.717) is 12.5 Å². The van der Waals surface area contributed by atoms with E-state index in [0.717, 1.165) is 42.7 Å². The summed E-state index contributed by atoms with van der Waals surface area (Å²) in [6, 6.07) is 1.29. The van der Waals surface area contributed by atoms with Gasteiger partial charge in [0.1, 0.15) is 0 Å². The van der Waals surface area contributed by atoms with E-state index in [4.69, 9.17) is 0 Å². The fourth-order valence-corrected chi connectivity index (χ4v) is 5.44. The smallest absolute Gasteiger partial charge is 0.220 e. The van der Waals surface area contributed by atoms with Crippen molar-refractivity contribution in [3.05, 3.63) is 0 Å². The quantitative estimate of drug-likeness (QED) is 0.780. The highest BCUT2D eigenvalue weighted by molar-refractivity contribution is 5.76. The lowest BCUT2D eigenvalue weighted by atomic mass is 9.79. The highest BCUT2D eigenvalue weighted by Crippen LogP contribution is 2.58. The number of amides is 1. The molecule has 3 aliphatic carbocycles. The molecule has 6 atom stereocenters. The third-order valence-corrected chi connectivity index (χ3v) is 6.14. The average molecular weight is 248 g/mol. The van der Waals surface area contributed by atoms with Crippen LogP contribution in [0, 0.1) is 23.7 Å². The van der Waals surface area contributed by atoms with Crippen molar-refractivity contribution in [1.29, 1.82) is 0 Å². The summed E-state index contributed by atoms with van der Waals surface area (Å²) in [6.45, 7) is 0.848. The molecule has 4 aliphatic rings. The highest BCUT2D eigenvalue weighted by atomic mass is 16.1. The number of piperidine rings is 1. The predicted molar refractivity (Wildman–Crippen MR) is 70.0 cm³/mol. The number of rotatable bonds is 2. The second-order valence-electron chi connectivity index (χ2n) is 6.97. The first-order chi connectivity index (χ1) is 8.81. The van der Waals surface area contributed by atoms with E-state index in [1.165, 1.54) is 32.1 Å². The predicted octanol–water partition coefficient (Wildman–Crippen LogP) is 1.68. The minimum atomic E-state index is 0.233. The summed E-state index contributed by atoms with van der Waals surface area (Å²) in [5.74, 6) is 4.34. The van der Waals surface area contributed by atoms with Crippen molar-refractivity contribution in [2.75, 3.05) is 6.54 Å². The zero-order valence-electron chi connectivity index (χ0n) is 11.0. The molecule has 0 aromatic rings. The summed E-state index contributed by atoms with van der Waals surface area (Å²) < 4.78 is 0. The molecule has 0 spiro atoms. The Kier molecular flexibility index (Phi) is 2.65. The average Bonchev–Trinajstić information content (AvgIpc) is 3.03. The van der Waals surface area contributed by atoms with Gasteiger partial charge in [0.25, 0.3) is 0 Å². The lowest BCUT2D eigenvalue weighted by molar-refractivity contribution is -0.122. The number of hydrogen-bond acceptors (Lipinski definition) is 2. The second-order valence-corrected chi connectivity index (χ2v) is 6.97. The Morgan fingerprint density at radius 3 is 2.78 bits per heavy atom. The van der Waals surface area contributed by atoms with Gasteiger partial charge in [-0.15, -0.1) is 0 Å². The van der Waals surface area contributed by atoms with Gasteiger partial charge in [0, 0.05) is 25.0 Å². The van der Waals surface area contributed by atoms with E-state index in [9.17, 15) is 4.79 Å². The third kappa shape index (κ3) is 1.70. The molecule has 2 N–H and O–H groups in total. The van der Waals surface area contributed by atoms with E-state index < -0.39 is 0 Å². The van der Waals surface area contributed by atoms with E-state index >= 15 is 0 Å². The third-order valence-electron chi connectivity index (χ3n) is 6.14. The molecule has 0 aromatic carbocycles. The van der Waals surface area contributed by atoms with Gasteiger partial charge in [0.15, 0.2) is 0 Å². The molecule has 3 heteroatoms. The maximum Gasteiger partial charge on any atom is 0.220 e. The van der Waals surface area contributed by atoms with Gasteiger partial charge in [-0.3, -0.25) is 4.79 Å². The van der Waals surface area contributed by atoms with E-state index in [2.05, 4.69) is 10.6 Å². The molecule has 4 rings (SSSR count). The molecule has 3 saturated carbocycles. The molecule has 1 heterocycles. The Labute approximate surface area is 109 Å². The number of carbonyl (C=O) groups excluding carboxylic acids is 1. The molecule has 1 amide bonds. The lowest BCUT2D eigenvalue weighted by Gasteiger charge is -2.35. The maximum atomic E-state index is 11.2. The number of hydrogen-bond donors (Lipinski definition) is 2. The van der Waals surface area contributed by atoms with E-state index in [-0.39, 0.29) is 5.91 Å². The molecule has 6 unspecified atom stereocenters. The van der Waals surface area contributed by atoms with Crippen LogP contribution in [0.15, 0.2) is 0 Å². The van der Waals surface area contributed by atoms with E-state index in [1.807, 2.05) is 0 Å². The number of carbonyl (C=O) groups is 1. The molecule has 1 aliphatic heterocycles. The van der Waals surface area contributed by atoms with Crippen molar-refractivity contribution in [1.82, 2.24) is 10.6 Å². The SMILES string of the molecule is O=C1CCC(NC2CC3CC2C2CCCC32)CN1. The molecular formula is C15H24N2O. The van der Waals surface area contributed by atoms with Gasteiger partial charge in [-0.1, -0.05) is 6.42 Å². The first kappa shape index (κ1) is 11.3. The summed E-state index contributed by atoms with van der Waals surface area (Å²) in [5.41, 5.74) is 0. The minimum Gasteiger partial charge on any atom is -0.355 e. The molecule has 0 aromatic heterocycles. The Bertz CT molecular complexity index is 346. The van der Waals surface area contributed by atoms with Crippen LogP contribution in [-0.4, -0.2) is 24.5 Å². The Morgan fingerprint density at radius 1 is 1.06 bits per heavy atom. The first-order valence-corrected chi connectivity index (χ1v) is 7.84. The molecule has 3 nitrogen and oxygen atoms in total. The van der Waals surface area contributed by atoms with Crippen LogP contribution in [-0.2, 0) is 4.79 Å². The minimum absolute atomic E-state index is 0.233.